The molecule has 0 radical (unpaired) electrons. The molecule has 0 unspecified atom stereocenters. The SMILES string of the molecule is CC(C)(C)OC(=O)N1[C@@H](C=O)[C@@H]1C1CCCCC1. The highest BCUT2D eigenvalue weighted by Crippen LogP contribution is 2.41. The van der Waals surface area contributed by atoms with Gasteiger partial charge >= 0.3 is 6.09 Å². The summed E-state index contributed by atoms with van der Waals surface area (Å²) < 4.78 is 5.34. The molecule has 4 heteroatoms. The Morgan fingerprint density at radius 3 is 2.33 bits per heavy atom. The molecule has 0 aromatic heterocycles. The third-order valence-corrected chi connectivity index (χ3v) is 3.78. The van der Waals surface area contributed by atoms with Gasteiger partial charge in [0.1, 0.15) is 17.9 Å². The van der Waals surface area contributed by atoms with Gasteiger partial charge < -0.3 is 9.53 Å². The molecule has 1 aliphatic heterocycles. The van der Waals surface area contributed by atoms with E-state index in [1.54, 1.807) is 4.90 Å². The number of nitrogens with zero attached hydrogens (tertiary/aromatic N) is 1. The summed E-state index contributed by atoms with van der Waals surface area (Å²) in [4.78, 5) is 24.7. The van der Waals surface area contributed by atoms with Crippen molar-refractivity contribution in [2.75, 3.05) is 0 Å². The minimum atomic E-state index is -0.496. The van der Waals surface area contributed by atoms with E-state index in [1.165, 1.54) is 19.3 Å². The maximum absolute atomic E-state index is 12.0. The van der Waals surface area contributed by atoms with Crippen LogP contribution >= 0.6 is 0 Å². The van der Waals surface area contributed by atoms with Gasteiger partial charge in [0.2, 0.25) is 0 Å². The van der Waals surface area contributed by atoms with E-state index >= 15 is 0 Å². The van der Waals surface area contributed by atoms with E-state index in [-0.39, 0.29) is 18.2 Å². The zero-order valence-electron chi connectivity index (χ0n) is 11.5. The van der Waals surface area contributed by atoms with Crippen LogP contribution in [0.15, 0.2) is 0 Å². The Balaban J connectivity index is 1.96. The number of carbonyl (C=O) groups is 2. The van der Waals surface area contributed by atoms with Crippen molar-refractivity contribution in [3.05, 3.63) is 0 Å². The average molecular weight is 253 g/mol. The molecule has 0 spiro atoms. The van der Waals surface area contributed by atoms with E-state index in [4.69, 9.17) is 4.74 Å². The van der Waals surface area contributed by atoms with Crippen molar-refractivity contribution >= 4 is 12.4 Å². The van der Waals surface area contributed by atoms with E-state index < -0.39 is 5.60 Å². The van der Waals surface area contributed by atoms with Crippen LogP contribution in [0.2, 0.25) is 0 Å². The van der Waals surface area contributed by atoms with Gasteiger partial charge in [-0.3, -0.25) is 4.90 Å². The van der Waals surface area contributed by atoms with Gasteiger partial charge in [-0.05, 0) is 39.5 Å². The second kappa shape index (κ2) is 4.90. The van der Waals surface area contributed by atoms with Crippen LogP contribution in [0.5, 0.6) is 0 Å². The van der Waals surface area contributed by atoms with Crippen LogP contribution in [0.1, 0.15) is 52.9 Å². The lowest BCUT2D eigenvalue weighted by molar-refractivity contribution is -0.108. The van der Waals surface area contributed by atoms with Crippen molar-refractivity contribution in [3.63, 3.8) is 0 Å². The standard InChI is InChI=1S/C14H23NO3/c1-14(2,3)18-13(17)15-11(9-16)12(15)10-7-5-4-6-8-10/h9-12H,4-8H2,1-3H3/t11-,12-,15?/m0/s1. The number of rotatable bonds is 2. The molecule has 102 valence electrons. The number of ether oxygens (including phenoxy) is 1. The molecule has 1 aliphatic carbocycles. The molecule has 1 saturated heterocycles. The molecule has 1 saturated carbocycles. The summed E-state index contributed by atoms with van der Waals surface area (Å²) in [6.45, 7) is 5.54. The number of amides is 1. The van der Waals surface area contributed by atoms with E-state index in [0.29, 0.717) is 5.92 Å². The van der Waals surface area contributed by atoms with E-state index in [0.717, 1.165) is 19.1 Å². The summed E-state index contributed by atoms with van der Waals surface area (Å²) in [5, 5.41) is 0. The molecular formula is C14H23NO3. The van der Waals surface area contributed by atoms with Crippen LogP contribution in [-0.4, -0.2) is 35.0 Å². The Kier molecular flexibility index (Phi) is 3.64. The third-order valence-electron chi connectivity index (χ3n) is 3.78. The lowest BCUT2D eigenvalue weighted by atomic mass is 9.86. The highest BCUT2D eigenvalue weighted by molar-refractivity contribution is 5.81. The van der Waals surface area contributed by atoms with E-state index in [1.807, 2.05) is 20.8 Å². The first kappa shape index (κ1) is 13.4. The molecular weight excluding hydrogens is 230 g/mol. The molecule has 0 aromatic carbocycles. The van der Waals surface area contributed by atoms with Crippen molar-refractivity contribution in [1.82, 2.24) is 4.90 Å². The summed E-state index contributed by atoms with van der Waals surface area (Å²) in [6.07, 6.45) is 6.53. The summed E-state index contributed by atoms with van der Waals surface area (Å²) in [5.74, 6) is 0.487. The van der Waals surface area contributed by atoms with Crippen molar-refractivity contribution in [3.8, 4) is 0 Å². The molecule has 4 nitrogen and oxygen atoms in total. The molecule has 18 heavy (non-hydrogen) atoms. The topological polar surface area (TPSA) is 46.4 Å². The number of aldehydes is 1. The molecule has 2 rings (SSSR count). The van der Waals surface area contributed by atoms with Crippen LogP contribution in [-0.2, 0) is 9.53 Å². The van der Waals surface area contributed by atoms with E-state index in [2.05, 4.69) is 0 Å². The van der Waals surface area contributed by atoms with Crippen molar-refractivity contribution in [1.29, 1.82) is 0 Å². The van der Waals surface area contributed by atoms with Gasteiger partial charge in [0.15, 0.2) is 0 Å². The molecule has 2 aliphatic rings. The first-order chi connectivity index (χ1) is 8.44. The van der Waals surface area contributed by atoms with Crippen LogP contribution < -0.4 is 0 Å². The second-order valence-corrected chi connectivity index (χ2v) is 6.40. The monoisotopic (exact) mass is 253 g/mol. The summed E-state index contributed by atoms with van der Waals surface area (Å²) in [7, 11) is 0. The maximum atomic E-state index is 12.0. The zero-order valence-corrected chi connectivity index (χ0v) is 11.5. The van der Waals surface area contributed by atoms with Crippen LogP contribution in [0.4, 0.5) is 4.79 Å². The molecule has 0 aromatic rings. The first-order valence-electron chi connectivity index (χ1n) is 6.90. The predicted molar refractivity (Wildman–Crippen MR) is 68.3 cm³/mol. The Morgan fingerprint density at radius 2 is 1.83 bits per heavy atom. The Bertz CT molecular complexity index is 328. The van der Waals surface area contributed by atoms with Crippen molar-refractivity contribution < 1.29 is 14.3 Å². The minimum absolute atomic E-state index is 0.0950. The van der Waals surface area contributed by atoms with Crippen molar-refractivity contribution in [2.45, 2.75) is 70.6 Å². The lowest BCUT2D eigenvalue weighted by Crippen LogP contribution is -2.29. The number of carbonyl (C=O) groups excluding carboxylic acids is 2. The van der Waals surface area contributed by atoms with Gasteiger partial charge in [-0.25, -0.2) is 4.79 Å². The quantitative estimate of drug-likeness (QED) is 0.561. The van der Waals surface area contributed by atoms with Crippen LogP contribution in [0.3, 0.4) is 0 Å². The molecule has 0 N–H and O–H groups in total. The summed E-state index contributed by atoms with van der Waals surface area (Å²) in [5.41, 5.74) is -0.496. The smallest absolute Gasteiger partial charge is 0.411 e. The molecule has 0 bridgehead atoms. The Hall–Kier alpha value is -1.06. The normalized spacial score (nSPS) is 28.9. The molecule has 2 fully saturated rings. The molecule has 1 amide bonds. The maximum Gasteiger partial charge on any atom is 0.411 e. The van der Waals surface area contributed by atoms with Gasteiger partial charge in [-0.1, -0.05) is 19.3 Å². The fourth-order valence-electron chi connectivity index (χ4n) is 2.95. The second-order valence-electron chi connectivity index (χ2n) is 6.40. The number of hydrogen-bond donors (Lipinski definition) is 0. The Labute approximate surface area is 109 Å². The Morgan fingerprint density at radius 1 is 1.22 bits per heavy atom. The fourth-order valence-corrected chi connectivity index (χ4v) is 2.95. The fraction of sp³-hybridized carbons (Fsp3) is 0.857. The minimum Gasteiger partial charge on any atom is -0.444 e. The highest BCUT2D eigenvalue weighted by Gasteiger charge is 2.56. The third kappa shape index (κ3) is 2.85. The summed E-state index contributed by atoms with van der Waals surface area (Å²) in [6, 6.07) is -0.152. The van der Waals surface area contributed by atoms with Gasteiger partial charge in [-0.2, -0.15) is 0 Å². The van der Waals surface area contributed by atoms with E-state index in [9.17, 15) is 9.59 Å². The number of hydrogen-bond acceptors (Lipinski definition) is 3. The van der Waals surface area contributed by atoms with Gasteiger partial charge in [0, 0.05) is 0 Å². The zero-order chi connectivity index (χ0) is 13.3. The van der Waals surface area contributed by atoms with Gasteiger partial charge in [-0.15, -0.1) is 0 Å². The van der Waals surface area contributed by atoms with Crippen LogP contribution in [0, 0.1) is 5.92 Å². The summed E-state index contributed by atoms with van der Waals surface area (Å²) >= 11 is 0. The largest absolute Gasteiger partial charge is 0.444 e. The molecule has 2 atom stereocenters. The van der Waals surface area contributed by atoms with Gasteiger partial charge in [0.05, 0.1) is 6.04 Å². The lowest BCUT2D eigenvalue weighted by Gasteiger charge is -2.23. The highest BCUT2D eigenvalue weighted by atomic mass is 16.6. The predicted octanol–water partition coefficient (Wildman–Crippen LogP) is 2.75. The van der Waals surface area contributed by atoms with Gasteiger partial charge in [0.25, 0.3) is 0 Å². The van der Waals surface area contributed by atoms with Crippen molar-refractivity contribution in [2.24, 2.45) is 5.92 Å². The molecule has 1 heterocycles. The van der Waals surface area contributed by atoms with Crippen LogP contribution in [0.25, 0.3) is 0 Å². The average Bonchev–Trinajstić information content (AvgIpc) is 3.02. The first-order valence-corrected chi connectivity index (χ1v) is 6.90.